The molecule has 0 unspecified atom stereocenters. The van der Waals surface area contributed by atoms with Crippen molar-refractivity contribution >= 4 is 15.9 Å². The third kappa shape index (κ3) is 3.31. The first-order valence-corrected chi connectivity index (χ1v) is 5.50. The Hall–Kier alpha value is -0.540. The number of rotatable bonds is 4. The highest BCUT2D eigenvalue weighted by atomic mass is 79.9. The first kappa shape index (κ1) is 11.5. The fourth-order valence-electron chi connectivity index (χ4n) is 1.25. The first-order chi connectivity index (χ1) is 6.63. The first-order valence-electron chi connectivity index (χ1n) is 4.71. The van der Waals surface area contributed by atoms with E-state index >= 15 is 0 Å². The van der Waals surface area contributed by atoms with Crippen LogP contribution in [0.3, 0.4) is 0 Å². The molecule has 0 saturated carbocycles. The van der Waals surface area contributed by atoms with Crippen molar-refractivity contribution < 1.29 is 4.74 Å². The van der Waals surface area contributed by atoms with E-state index in [-0.39, 0.29) is 6.04 Å². The van der Waals surface area contributed by atoms with Gasteiger partial charge in [-0.2, -0.15) is 0 Å². The quantitative estimate of drug-likeness (QED) is 0.901. The number of ether oxygens (including phenoxy) is 1. The Balaban J connectivity index is 2.73. The molecular weight excluding hydrogens is 242 g/mol. The highest BCUT2D eigenvalue weighted by Gasteiger charge is 2.03. The maximum atomic E-state index is 5.71. The molecule has 3 heteroatoms. The van der Waals surface area contributed by atoms with Crippen molar-refractivity contribution in [2.45, 2.75) is 25.8 Å². The lowest BCUT2D eigenvalue weighted by atomic mass is 10.1. The molecule has 2 nitrogen and oxygen atoms in total. The van der Waals surface area contributed by atoms with Crippen LogP contribution in [0.1, 0.15) is 18.9 Å². The highest BCUT2D eigenvalue weighted by molar-refractivity contribution is 9.10. The van der Waals surface area contributed by atoms with Crippen molar-refractivity contribution in [2.24, 2.45) is 5.73 Å². The minimum absolute atomic E-state index is 0.244. The van der Waals surface area contributed by atoms with Crippen LogP contribution in [0.4, 0.5) is 0 Å². The van der Waals surface area contributed by atoms with Crippen molar-refractivity contribution in [3.63, 3.8) is 0 Å². The van der Waals surface area contributed by atoms with Gasteiger partial charge in [0.05, 0.1) is 7.11 Å². The van der Waals surface area contributed by atoms with Gasteiger partial charge in [0.15, 0.2) is 0 Å². The Morgan fingerprint density at radius 2 is 2.21 bits per heavy atom. The third-order valence-electron chi connectivity index (χ3n) is 2.12. The predicted molar refractivity (Wildman–Crippen MR) is 62.7 cm³/mol. The number of halogens is 1. The summed E-state index contributed by atoms with van der Waals surface area (Å²) in [6.45, 7) is 2.02. The number of methoxy groups -OCH3 is 1. The van der Waals surface area contributed by atoms with Crippen LogP contribution in [0, 0.1) is 0 Å². The van der Waals surface area contributed by atoms with Crippen LogP contribution in [0.25, 0.3) is 0 Å². The SMILES string of the molecule is COc1ccc(Br)c(CC[C@H](C)N)c1. The van der Waals surface area contributed by atoms with Crippen LogP contribution < -0.4 is 10.5 Å². The molecule has 0 aliphatic carbocycles. The van der Waals surface area contributed by atoms with E-state index < -0.39 is 0 Å². The smallest absolute Gasteiger partial charge is 0.119 e. The number of hydrogen-bond donors (Lipinski definition) is 1. The van der Waals surface area contributed by atoms with E-state index in [0.717, 1.165) is 23.1 Å². The summed E-state index contributed by atoms with van der Waals surface area (Å²) in [7, 11) is 1.68. The summed E-state index contributed by atoms with van der Waals surface area (Å²) < 4.78 is 6.29. The van der Waals surface area contributed by atoms with E-state index in [4.69, 9.17) is 10.5 Å². The van der Waals surface area contributed by atoms with Crippen LogP contribution in [0.2, 0.25) is 0 Å². The molecule has 14 heavy (non-hydrogen) atoms. The molecule has 2 N–H and O–H groups in total. The Morgan fingerprint density at radius 1 is 1.50 bits per heavy atom. The number of nitrogens with two attached hydrogens (primary N) is 1. The molecule has 78 valence electrons. The van der Waals surface area contributed by atoms with Gasteiger partial charge in [0.1, 0.15) is 5.75 Å². The van der Waals surface area contributed by atoms with E-state index in [1.54, 1.807) is 7.11 Å². The lowest BCUT2D eigenvalue weighted by Crippen LogP contribution is -2.15. The molecule has 0 spiro atoms. The molecule has 0 radical (unpaired) electrons. The Labute approximate surface area is 93.6 Å². The lowest BCUT2D eigenvalue weighted by molar-refractivity contribution is 0.414. The lowest BCUT2D eigenvalue weighted by Gasteiger charge is -2.08. The van der Waals surface area contributed by atoms with Gasteiger partial charge in [0.2, 0.25) is 0 Å². The monoisotopic (exact) mass is 257 g/mol. The molecule has 1 aromatic rings. The van der Waals surface area contributed by atoms with Crippen molar-refractivity contribution in [3.05, 3.63) is 28.2 Å². The zero-order valence-corrected chi connectivity index (χ0v) is 10.2. The van der Waals surface area contributed by atoms with E-state index in [1.165, 1.54) is 5.56 Å². The van der Waals surface area contributed by atoms with E-state index in [9.17, 15) is 0 Å². The predicted octanol–water partition coefficient (Wildman–Crippen LogP) is 2.74. The molecule has 0 fully saturated rings. The summed E-state index contributed by atoms with van der Waals surface area (Å²) in [6.07, 6.45) is 1.97. The zero-order chi connectivity index (χ0) is 10.6. The summed E-state index contributed by atoms with van der Waals surface area (Å²) in [4.78, 5) is 0. The van der Waals surface area contributed by atoms with Crippen molar-refractivity contribution in [2.75, 3.05) is 7.11 Å². The topological polar surface area (TPSA) is 35.2 Å². The molecule has 1 rings (SSSR count). The standard InChI is InChI=1S/C11H16BrNO/c1-8(13)3-4-9-7-10(14-2)5-6-11(9)12/h5-8H,3-4,13H2,1-2H3/t8-/m0/s1. The molecule has 0 aromatic heterocycles. The van der Waals surface area contributed by atoms with Crippen LogP contribution in [0.5, 0.6) is 5.75 Å². The second-order valence-corrected chi connectivity index (χ2v) is 4.33. The normalized spacial score (nSPS) is 12.6. The van der Waals surface area contributed by atoms with Crippen molar-refractivity contribution in [1.29, 1.82) is 0 Å². The molecular formula is C11H16BrNO. The second kappa shape index (κ2) is 5.37. The van der Waals surface area contributed by atoms with Crippen LogP contribution in [0.15, 0.2) is 22.7 Å². The summed E-state index contributed by atoms with van der Waals surface area (Å²) in [5.74, 6) is 0.896. The van der Waals surface area contributed by atoms with Crippen molar-refractivity contribution in [1.82, 2.24) is 0 Å². The fourth-order valence-corrected chi connectivity index (χ4v) is 1.70. The molecule has 0 heterocycles. The second-order valence-electron chi connectivity index (χ2n) is 3.47. The summed E-state index contributed by atoms with van der Waals surface area (Å²) >= 11 is 3.51. The largest absolute Gasteiger partial charge is 0.497 e. The van der Waals surface area contributed by atoms with E-state index in [1.807, 2.05) is 25.1 Å². The third-order valence-corrected chi connectivity index (χ3v) is 2.90. The highest BCUT2D eigenvalue weighted by Crippen LogP contribution is 2.23. The van der Waals surface area contributed by atoms with Gasteiger partial charge < -0.3 is 10.5 Å². The number of aryl methyl sites for hydroxylation is 1. The summed E-state index contributed by atoms with van der Waals surface area (Å²) in [5.41, 5.74) is 6.97. The minimum atomic E-state index is 0.244. The number of benzene rings is 1. The Kier molecular flexibility index (Phi) is 4.42. The summed E-state index contributed by atoms with van der Waals surface area (Å²) in [6, 6.07) is 6.24. The van der Waals surface area contributed by atoms with Gasteiger partial charge in [-0.05, 0) is 43.5 Å². The minimum Gasteiger partial charge on any atom is -0.497 e. The van der Waals surface area contributed by atoms with Gasteiger partial charge >= 0.3 is 0 Å². The van der Waals surface area contributed by atoms with Crippen molar-refractivity contribution in [3.8, 4) is 5.75 Å². The molecule has 1 aromatic carbocycles. The van der Waals surface area contributed by atoms with Gasteiger partial charge in [0.25, 0.3) is 0 Å². The van der Waals surface area contributed by atoms with Gasteiger partial charge in [-0.25, -0.2) is 0 Å². The molecule has 0 aliphatic heterocycles. The van der Waals surface area contributed by atoms with Gasteiger partial charge in [-0.1, -0.05) is 15.9 Å². The van der Waals surface area contributed by atoms with Gasteiger partial charge in [0, 0.05) is 10.5 Å². The molecule has 1 atom stereocenters. The average molecular weight is 258 g/mol. The zero-order valence-electron chi connectivity index (χ0n) is 8.59. The van der Waals surface area contributed by atoms with Crippen LogP contribution >= 0.6 is 15.9 Å². The molecule has 0 bridgehead atoms. The molecule has 0 saturated heterocycles. The molecule has 0 amide bonds. The number of hydrogen-bond acceptors (Lipinski definition) is 2. The fraction of sp³-hybridized carbons (Fsp3) is 0.455. The van der Waals surface area contributed by atoms with E-state index in [2.05, 4.69) is 15.9 Å². The Morgan fingerprint density at radius 3 is 2.79 bits per heavy atom. The summed E-state index contributed by atoms with van der Waals surface area (Å²) in [5, 5.41) is 0. The maximum absolute atomic E-state index is 5.71. The average Bonchev–Trinajstić information content (AvgIpc) is 2.16. The van der Waals surface area contributed by atoms with Crippen LogP contribution in [-0.2, 0) is 6.42 Å². The Bertz CT molecular complexity index is 299. The van der Waals surface area contributed by atoms with Gasteiger partial charge in [-0.3, -0.25) is 0 Å². The molecule has 0 aliphatic rings. The maximum Gasteiger partial charge on any atom is 0.119 e. The van der Waals surface area contributed by atoms with Crippen LogP contribution in [-0.4, -0.2) is 13.2 Å². The van der Waals surface area contributed by atoms with Gasteiger partial charge in [-0.15, -0.1) is 0 Å². The van der Waals surface area contributed by atoms with E-state index in [0.29, 0.717) is 0 Å².